The summed E-state index contributed by atoms with van der Waals surface area (Å²) in [6, 6.07) is 9.86. The van der Waals surface area contributed by atoms with Crippen LogP contribution in [0.15, 0.2) is 30.3 Å². The average molecular weight is 409 g/mol. The number of unbranched alkanes of at least 4 members (excludes halogenated alkanes) is 1. The zero-order valence-electron chi connectivity index (χ0n) is 19.8. The van der Waals surface area contributed by atoms with Crippen molar-refractivity contribution in [1.82, 2.24) is 0 Å². The van der Waals surface area contributed by atoms with Crippen LogP contribution >= 0.6 is 0 Å². The molecule has 2 unspecified atom stereocenters. The van der Waals surface area contributed by atoms with E-state index in [-0.39, 0.29) is 11.7 Å². The maximum Gasteiger partial charge on any atom is 0.119 e. The van der Waals surface area contributed by atoms with Crippen LogP contribution in [-0.2, 0) is 14.2 Å². The molecular weight excluding hydrogens is 364 g/mol. The summed E-state index contributed by atoms with van der Waals surface area (Å²) in [5.41, 5.74) is -0.617. The largest absolute Gasteiger partial charge is 0.491 e. The number of hydrogen-bond acceptors (Lipinski definition) is 4. The lowest BCUT2D eigenvalue weighted by Crippen LogP contribution is -2.42. The number of benzene rings is 1. The second-order valence-corrected chi connectivity index (χ2v) is 9.48. The summed E-state index contributed by atoms with van der Waals surface area (Å²) in [5, 5.41) is 0. The molecule has 0 spiro atoms. The van der Waals surface area contributed by atoms with Crippen molar-refractivity contribution in [3.63, 3.8) is 0 Å². The Morgan fingerprint density at radius 1 is 0.897 bits per heavy atom. The van der Waals surface area contributed by atoms with Crippen LogP contribution in [0.3, 0.4) is 0 Å². The van der Waals surface area contributed by atoms with Gasteiger partial charge < -0.3 is 18.9 Å². The fraction of sp³-hybridized carbons (Fsp3) is 0.760. The Balaban J connectivity index is 2.61. The van der Waals surface area contributed by atoms with E-state index in [2.05, 4.69) is 48.5 Å². The Kier molecular flexibility index (Phi) is 11.9. The van der Waals surface area contributed by atoms with E-state index in [9.17, 15) is 0 Å². The van der Waals surface area contributed by atoms with Crippen molar-refractivity contribution in [1.29, 1.82) is 0 Å². The Hall–Kier alpha value is -1.10. The molecule has 0 amide bonds. The van der Waals surface area contributed by atoms with Crippen molar-refractivity contribution in [2.24, 2.45) is 5.92 Å². The molecule has 0 radical (unpaired) electrons. The van der Waals surface area contributed by atoms with Gasteiger partial charge in [-0.15, -0.1) is 0 Å². The highest BCUT2D eigenvalue weighted by atomic mass is 16.6. The third-order valence-electron chi connectivity index (χ3n) is 4.72. The first kappa shape index (κ1) is 25.9. The SMILES string of the molecule is CCCCC(CC)COCC(COc1ccccc1)OC(C)(C)COC(C)(C)C. The van der Waals surface area contributed by atoms with Gasteiger partial charge in [0.05, 0.1) is 24.4 Å². The van der Waals surface area contributed by atoms with Gasteiger partial charge >= 0.3 is 0 Å². The van der Waals surface area contributed by atoms with Crippen LogP contribution in [0, 0.1) is 5.92 Å². The number of ether oxygens (including phenoxy) is 4. The molecule has 0 aromatic heterocycles. The van der Waals surface area contributed by atoms with Crippen molar-refractivity contribution in [3.05, 3.63) is 30.3 Å². The molecule has 4 nitrogen and oxygen atoms in total. The molecule has 0 fully saturated rings. The standard InChI is InChI=1S/C25H44O4/c1-8-10-14-21(9-2)17-26-18-23(19-27-22-15-12-11-13-16-22)29-25(6,7)20-28-24(3,4)5/h11-13,15-16,21,23H,8-10,14,17-20H2,1-7H3. The minimum absolute atomic E-state index is 0.155. The van der Waals surface area contributed by atoms with Gasteiger partial charge in [-0.2, -0.15) is 0 Å². The number of para-hydroxylation sites is 1. The quantitative estimate of drug-likeness (QED) is 0.342. The van der Waals surface area contributed by atoms with E-state index in [1.165, 1.54) is 19.3 Å². The van der Waals surface area contributed by atoms with Gasteiger partial charge in [0.15, 0.2) is 0 Å². The lowest BCUT2D eigenvalue weighted by Gasteiger charge is -2.33. The van der Waals surface area contributed by atoms with Crippen molar-refractivity contribution in [2.45, 2.75) is 91.5 Å². The van der Waals surface area contributed by atoms with Gasteiger partial charge in [-0.25, -0.2) is 0 Å². The molecular formula is C25H44O4. The van der Waals surface area contributed by atoms with E-state index in [0.717, 1.165) is 18.8 Å². The van der Waals surface area contributed by atoms with Crippen molar-refractivity contribution in [3.8, 4) is 5.75 Å². The van der Waals surface area contributed by atoms with E-state index >= 15 is 0 Å². The Labute approximate surface area is 179 Å². The average Bonchev–Trinajstić information content (AvgIpc) is 2.67. The maximum atomic E-state index is 6.38. The highest BCUT2D eigenvalue weighted by Crippen LogP contribution is 2.20. The monoisotopic (exact) mass is 408 g/mol. The van der Waals surface area contributed by atoms with Gasteiger partial charge in [0.1, 0.15) is 18.5 Å². The van der Waals surface area contributed by atoms with Gasteiger partial charge in [0.25, 0.3) is 0 Å². The zero-order chi connectivity index (χ0) is 21.8. The fourth-order valence-electron chi connectivity index (χ4n) is 2.96. The molecule has 1 aromatic carbocycles. The van der Waals surface area contributed by atoms with Crippen LogP contribution in [0.4, 0.5) is 0 Å². The predicted octanol–water partition coefficient (Wildman–Crippen LogP) is 6.28. The van der Waals surface area contributed by atoms with Gasteiger partial charge in [0.2, 0.25) is 0 Å². The summed E-state index contributed by atoms with van der Waals surface area (Å²) in [6.45, 7) is 17.0. The molecule has 0 aliphatic rings. The number of rotatable bonds is 15. The van der Waals surface area contributed by atoms with E-state index in [1.807, 2.05) is 30.3 Å². The molecule has 0 saturated carbocycles. The van der Waals surface area contributed by atoms with E-state index in [0.29, 0.717) is 25.7 Å². The molecule has 0 aliphatic heterocycles. The molecule has 0 aliphatic carbocycles. The zero-order valence-corrected chi connectivity index (χ0v) is 19.8. The van der Waals surface area contributed by atoms with Crippen LogP contribution in [-0.4, -0.2) is 43.7 Å². The lowest BCUT2D eigenvalue weighted by molar-refractivity contribution is -0.161. The molecule has 1 aromatic rings. The number of hydrogen-bond donors (Lipinski definition) is 0. The predicted molar refractivity (Wildman–Crippen MR) is 121 cm³/mol. The second-order valence-electron chi connectivity index (χ2n) is 9.48. The Bertz CT molecular complexity index is 521. The van der Waals surface area contributed by atoms with E-state index < -0.39 is 5.60 Å². The molecule has 0 N–H and O–H groups in total. The first-order valence-corrected chi connectivity index (χ1v) is 11.2. The molecule has 168 valence electrons. The Morgan fingerprint density at radius 2 is 1.59 bits per heavy atom. The molecule has 1 rings (SSSR count). The van der Waals surface area contributed by atoms with Crippen molar-refractivity contribution >= 4 is 0 Å². The fourth-order valence-corrected chi connectivity index (χ4v) is 2.96. The minimum atomic E-state index is -0.423. The first-order chi connectivity index (χ1) is 13.6. The molecule has 0 heterocycles. The lowest BCUT2D eigenvalue weighted by atomic mass is 10.0. The third-order valence-corrected chi connectivity index (χ3v) is 4.72. The van der Waals surface area contributed by atoms with Crippen molar-refractivity contribution in [2.75, 3.05) is 26.4 Å². The first-order valence-electron chi connectivity index (χ1n) is 11.2. The summed E-state index contributed by atoms with van der Waals surface area (Å²) in [6.07, 6.45) is 4.71. The van der Waals surface area contributed by atoms with Crippen LogP contribution in [0.5, 0.6) is 5.75 Å². The summed E-state index contributed by atoms with van der Waals surface area (Å²) in [5.74, 6) is 1.46. The highest BCUT2D eigenvalue weighted by molar-refractivity contribution is 5.20. The molecule has 2 atom stereocenters. The summed E-state index contributed by atoms with van der Waals surface area (Å²) in [7, 11) is 0. The van der Waals surface area contributed by atoms with Crippen LogP contribution in [0.1, 0.15) is 74.1 Å². The molecule has 4 heteroatoms. The van der Waals surface area contributed by atoms with Gasteiger partial charge in [0, 0.05) is 6.61 Å². The summed E-state index contributed by atoms with van der Waals surface area (Å²) < 4.78 is 24.4. The molecule has 29 heavy (non-hydrogen) atoms. The van der Waals surface area contributed by atoms with Crippen molar-refractivity contribution < 1.29 is 18.9 Å². The molecule has 0 bridgehead atoms. The Morgan fingerprint density at radius 3 is 2.17 bits per heavy atom. The molecule has 0 saturated heterocycles. The highest BCUT2D eigenvalue weighted by Gasteiger charge is 2.27. The van der Waals surface area contributed by atoms with E-state index in [4.69, 9.17) is 18.9 Å². The topological polar surface area (TPSA) is 36.9 Å². The van der Waals surface area contributed by atoms with Gasteiger partial charge in [-0.3, -0.25) is 0 Å². The van der Waals surface area contributed by atoms with Gasteiger partial charge in [-0.1, -0.05) is 51.3 Å². The van der Waals surface area contributed by atoms with E-state index in [1.54, 1.807) is 0 Å². The smallest absolute Gasteiger partial charge is 0.119 e. The third kappa shape index (κ3) is 12.9. The van der Waals surface area contributed by atoms with Crippen LogP contribution in [0.25, 0.3) is 0 Å². The summed E-state index contributed by atoms with van der Waals surface area (Å²) in [4.78, 5) is 0. The maximum absolute atomic E-state index is 6.38. The van der Waals surface area contributed by atoms with Gasteiger partial charge in [-0.05, 0) is 59.1 Å². The normalized spacial score (nSPS) is 14.6. The second kappa shape index (κ2) is 13.3. The van der Waals surface area contributed by atoms with Crippen LogP contribution < -0.4 is 4.74 Å². The van der Waals surface area contributed by atoms with Crippen LogP contribution in [0.2, 0.25) is 0 Å². The minimum Gasteiger partial charge on any atom is -0.491 e. The summed E-state index contributed by atoms with van der Waals surface area (Å²) >= 11 is 0.